The first kappa shape index (κ1) is 22.1. The van der Waals surface area contributed by atoms with E-state index in [9.17, 15) is 14.7 Å². The highest BCUT2D eigenvalue weighted by Gasteiger charge is 2.46. The Morgan fingerprint density at radius 2 is 2.00 bits per heavy atom. The van der Waals surface area contributed by atoms with Gasteiger partial charge in [0.15, 0.2) is 10.9 Å². The molecule has 172 valence electrons. The second kappa shape index (κ2) is 8.92. The number of thiophene rings is 1. The number of aliphatic hydroxyl groups is 1. The van der Waals surface area contributed by atoms with Crippen LogP contribution in [0.25, 0.3) is 10.2 Å². The lowest BCUT2D eigenvalue weighted by atomic mass is 9.95. The Hall–Kier alpha value is -3.69. The maximum absolute atomic E-state index is 13.4. The number of ether oxygens (including phenoxy) is 2. The average molecular weight is 493 g/mol. The SMILES string of the molecule is CCOc1cccc(C2C(C(=O)c3cccs3)=C(O)C(=O)N2c2nc3ccc(OC)cc3s2)c1. The van der Waals surface area contributed by atoms with Gasteiger partial charge in [-0.15, -0.1) is 11.3 Å². The Bertz CT molecular complexity index is 1420. The van der Waals surface area contributed by atoms with Crippen molar-refractivity contribution in [3.05, 3.63) is 81.8 Å². The molecule has 0 saturated heterocycles. The molecule has 34 heavy (non-hydrogen) atoms. The molecule has 1 N–H and O–H groups in total. The van der Waals surface area contributed by atoms with Crippen molar-refractivity contribution in [2.45, 2.75) is 13.0 Å². The first-order valence-electron chi connectivity index (χ1n) is 10.5. The van der Waals surface area contributed by atoms with E-state index in [0.29, 0.717) is 39.2 Å². The second-order valence-corrected chi connectivity index (χ2v) is 9.44. The Balaban J connectivity index is 1.67. The van der Waals surface area contributed by atoms with Gasteiger partial charge in [-0.2, -0.15) is 0 Å². The van der Waals surface area contributed by atoms with Crippen LogP contribution < -0.4 is 14.4 Å². The van der Waals surface area contributed by atoms with Crippen LogP contribution in [0.5, 0.6) is 11.5 Å². The fourth-order valence-electron chi connectivity index (χ4n) is 3.95. The van der Waals surface area contributed by atoms with Gasteiger partial charge in [-0.1, -0.05) is 29.5 Å². The molecular formula is C25H20N2O5S2. The molecule has 9 heteroatoms. The van der Waals surface area contributed by atoms with Gasteiger partial charge in [0, 0.05) is 0 Å². The summed E-state index contributed by atoms with van der Waals surface area (Å²) in [6.45, 7) is 2.35. The molecule has 1 unspecified atom stereocenters. The molecule has 0 radical (unpaired) electrons. The fraction of sp³-hybridized carbons (Fsp3) is 0.160. The molecule has 1 atom stereocenters. The van der Waals surface area contributed by atoms with Crippen LogP contribution in [0.15, 0.2) is 71.3 Å². The number of ketones is 1. The number of carbonyl (C=O) groups excluding carboxylic acids is 2. The van der Waals surface area contributed by atoms with E-state index in [4.69, 9.17) is 9.47 Å². The number of benzene rings is 2. The summed E-state index contributed by atoms with van der Waals surface area (Å²) in [6.07, 6.45) is 0. The molecule has 1 aliphatic heterocycles. The summed E-state index contributed by atoms with van der Waals surface area (Å²) in [5, 5.41) is 13.1. The van der Waals surface area contributed by atoms with Gasteiger partial charge in [0.25, 0.3) is 5.91 Å². The highest BCUT2D eigenvalue weighted by Crippen LogP contribution is 2.45. The predicted molar refractivity (Wildman–Crippen MR) is 132 cm³/mol. The van der Waals surface area contributed by atoms with E-state index in [-0.39, 0.29) is 5.57 Å². The number of amides is 1. The predicted octanol–water partition coefficient (Wildman–Crippen LogP) is 5.55. The summed E-state index contributed by atoms with van der Waals surface area (Å²) in [6, 6.07) is 15.2. The molecule has 7 nitrogen and oxygen atoms in total. The number of aromatic nitrogens is 1. The normalized spacial score (nSPS) is 15.9. The summed E-state index contributed by atoms with van der Waals surface area (Å²) in [5.41, 5.74) is 1.35. The lowest BCUT2D eigenvalue weighted by Gasteiger charge is -2.24. The number of thiazole rings is 1. The van der Waals surface area contributed by atoms with Crippen molar-refractivity contribution in [1.82, 2.24) is 4.98 Å². The van der Waals surface area contributed by atoms with Gasteiger partial charge < -0.3 is 14.6 Å². The lowest BCUT2D eigenvalue weighted by Crippen LogP contribution is -2.30. The Morgan fingerprint density at radius 3 is 2.74 bits per heavy atom. The topological polar surface area (TPSA) is 89.0 Å². The van der Waals surface area contributed by atoms with Crippen LogP contribution >= 0.6 is 22.7 Å². The van der Waals surface area contributed by atoms with Gasteiger partial charge >= 0.3 is 0 Å². The van der Waals surface area contributed by atoms with Gasteiger partial charge in [-0.3, -0.25) is 14.5 Å². The molecule has 4 aromatic rings. The minimum atomic E-state index is -0.857. The third-order valence-electron chi connectivity index (χ3n) is 5.47. The third kappa shape index (κ3) is 3.72. The van der Waals surface area contributed by atoms with E-state index in [1.807, 2.05) is 31.2 Å². The number of Topliss-reactive ketones (excluding diaryl/α,β-unsaturated/α-hetero) is 1. The van der Waals surface area contributed by atoms with E-state index in [2.05, 4.69) is 4.98 Å². The number of nitrogens with zero attached hydrogens (tertiary/aromatic N) is 2. The molecule has 1 amide bonds. The first-order valence-corrected chi connectivity index (χ1v) is 12.2. The molecule has 5 rings (SSSR count). The zero-order chi connectivity index (χ0) is 23.8. The smallest absolute Gasteiger partial charge is 0.296 e. The van der Waals surface area contributed by atoms with E-state index in [0.717, 1.165) is 4.70 Å². The van der Waals surface area contributed by atoms with Crippen LogP contribution in [0.3, 0.4) is 0 Å². The van der Waals surface area contributed by atoms with Gasteiger partial charge in [0.05, 0.1) is 40.4 Å². The Labute approximate surface area is 203 Å². The van der Waals surface area contributed by atoms with Crippen molar-refractivity contribution >= 4 is 49.7 Å². The average Bonchev–Trinajstić information content (AvgIpc) is 3.57. The van der Waals surface area contributed by atoms with Crippen molar-refractivity contribution in [1.29, 1.82) is 0 Å². The summed E-state index contributed by atoms with van der Waals surface area (Å²) in [7, 11) is 1.58. The molecule has 1 aliphatic rings. The number of hydrogen-bond donors (Lipinski definition) is 1. The van der Waals surface area contributed by atoms with E-state index in [1.165, 1.54) is 27.6 Å². The number of carbonyl (C=O) groups is 2. The maximum atomic E-state index is 13.4. The Kier molecular flexibility index (Phi) is 5.80. The summed E-state index contributed by atoms with van der Waals surface area (Å²) < 4.78 is 11.8. The highest BCUT2D eigenvalue weighted by atomic mass is 32.1. The van der Waals surface area contributed by atoms with Crippen molar-refractivity contribution in [3.8, 4) is 11.5 Å². The van der Waals surface area contributed by atoms with E-state index < -0.39 is 23.5 Å². The van der Waals surface area contributed by atoms with Crippen molar-refractivity contribution < 1.29 is 24.2 Å². The molecule has 2 aromatic carbocycles. The van der Waals surface area contributed by atoms with Gasteiger partial charge in [-0.25, -0.2) is 4.98 Å². The van der Waals surface area contributed by atoms with Crippen LogP contribution in [0, 0.1) is 0 Å². The van der Waals surface area contributed by atoms with Crippen LogP contribution in [-0.2, 0) is 4.79 Å². The van der Waals surface area contributed by atoms with E-state index in [1.54, 1.807) is 42.8 Å². The molecule has 0 saturated carbocycles. The number of rotatable bonds is 7. The van der Waals surface area contributed by atoms with Crippen molar-refractivity contribution in [3.63, 3.8) is 0 Å². The minimum Gasteiger partial charge on any atom is -0.503 e. The fourth-order valence-corrected chi connectivity index (χ4v) is 5.65. The third-order valence-corrected chi connectivity index (χ3v) is 7.36. The van der Waals surface area contributed by atoms with Crippen molar-refractivity contribution in [2.24, 2.45) is 0 Å². The monoisotopic (exact) mass is 492 g/mol. The number of aliphatic hydroxyl groups excluding tert-OH is 1. The molecule has 0 fully saturated rings. The van der Waals surface area contributed by atoms with Crippen LogP contribution in [0.2, 0.25) is 0 Å². The number of hydrogen-bond acceptors (Lipinski definition) is 8. The maximum Gasteiger partial charge on any atom is 0.296 e. The lowest BCUT2D eigenvalue weighted by molar-refractivity contribution is -0.117. The van der Waals surface area contributed by atoms with Crippen LogP contribution in [-0.4, -0.2) is 35.5 Å². The highest BCUT2D eigenvalue weighted by molar-refractivity contribution is 7.22. The van der Waals surface area contributed by atoms with Gasteiger partial charge in [-0.05, 0) is 54.3 Å². The summed E-state index contributed by atoms with van der Waals surface area (Å²) in [5.74, 6) is -0.348. The second-order valence-electron chi connectivity index (χ2n) is 7.48. The van der Waals surface area contributed by atoms with Crippen LogP contribution in [0.4, 0.5) is 5.13 Å². The summed E-state index contributed by atoms with van der Waals surface area (Å²) in [4.78, 5) is 33.3. The number of fused-ring (bicyclic) bond motifs is 1. The number of methoxy groups -OCH3 is 1. The molecule has 0 spiro atoms. The Morgan fingerprint density at radius 1 is 1.15 bits per heavy atom. The quantitative estimate of drug-likeness (QED) is 0.340. The molecule has 3 heterocycles. The molecular weight excluding hydrogens is 472 g/mol. The molecule has 0 bridgehead atoms. The first-order chi connectivity index (χ1) is 16.5. The summed E-state index contributed by atoms with van der Waals surface area (Å²) >= 11 is 2.55. The largest absolute Gasteiger partial charge is 0.503 e. The molecule has 0 aliphatic carbocycles. The minimum absolute atomic E-state index is 0.0259. The number of anilines is 1. The van der Waals surface area contributed by atoms with E-state index >= 15 is 0 Å². The van der Waals surface area contributed by atoms with Gasteiger partial charge in [0.2, 0.25) is 5.78 Å². The van der Waals surface area contributed by atoms with Crippen molar-refractivity contribution in [2.75, 3.05) is 18.6 Å². The standard InChI is InChI=1S/C25H20N2O5S2/c1-3-32-16-7-4-6-14(12-16)21-20(22(28)18-8-5-11-33-18)23(29)24(30)27(21)25-26-17-10-9-15(31-2)13-19(17)34-25/h4-13,21,29H,3H2,1-2H3. The van der Waals surface area contributed by atoms with Gasteiger partial charge in [0.1, 0.15) is 11.5 Å². The van der Waals surface area contributed by atoms with Crippen LogP contribution in [0.1, 0.15) is 28.2 Å². The zero-order valence-electron chi connectivity index (χ0n) is 18.3. The molecule has 2 aromatic heterocycles. The zero-order valence-corrected chi connectivity index (χ0v) is 20.0.